The summed E-state index contributed by atoms with van der Waals surface area (Å²) in [6.45, 7) is 2.50. The molecule has 160 valence electrons. The molecular formula is C23H30N4O3. The molecule has 4 bridgehead atoms. The highest BCUT2D eigenvalue weighted by molar-refractivity contribution is 5.95. The van der Waals surface area contributed by atoms with E-state index in [0.29, 0.717) is 11.3 Å². The van der Waals surface area contributed by atoms with Crippen molar-refractivity contribution in [2.75, 3.05) is 13.1 Å². The standard InChI is InChI=1S/C23H30N4O3/c1-14(28)11-24-21(29)18-12-27-19(3-2-4-20(27)26-18)22(30)25-13-23-8-15-5-16(9-23)7-17(6-15)10-23/h2-4,12,14-17,28H,5-11,13H2,1H3,(H,24,29)(H,25,30)/t14-,15?,16?,17?,23?/m1/s1. The smallest absolute Gasteiger partial charge is 0.271 e. The van der Waals surface area contributed by atoms with Gasteiger partial charge in [-0.25, -0.2) is 4.98 Å². The summed E-state index contributed by atoms with van der Waals surface area (Å²) in [5, 5.41) is 15.2. The fraction of sp³-hybridized carbons (Fsp3) is 0.609. The van der Waals surface area contributed by atoms with Gasteiger partial charge in [-0.1, -0.05) is 6.07 Å². The van der Waals surface area contributed by atoms with Gasteiger partial charge < -0.3 is 15.7 Å². The van der Waals surface area contributed by atoms with Gasteiger partial charge in [0.1, 0.15) is 17.0 Å². The number of nitrogens with one attached hydrogen (secondary N) is 2. The highest BCUT2D eigenvalue weighted by atomic mass is 16.3. The molecule has 0 aromatic carbocycles. The maximum atomic E-state index is 13.1. The summed E-state index contributed by atoms with van der Waals surface area (Å²) in [4.78, 5) is 29.7. The number of amides is 2. The molecule has 0 aliphatic heterocycles. The molecule has 0 unspecified atom stereocenters. The number of aromatic nitrogens is 2. The second-order valence-corrected chi connectivity index (χ2v) is 9.92. The number of carbonyl (C=O) groups excluding carboxylic acids is 2. The van der Waals surface area contributed by atoms with E-state index >= 15 is 0 Å². The summed E-state index contributed by atoms with van der Waals surface area (Å²) >= 11 is 0. The predicted molar refractivity (Wildman–Crippen MR) is 112 cm³/mol. The monoisotopic (exact) mass is 410 g/mol. The minimum Gasteiger partial charge on any atom is -0.392 e. The van der Waals surface area contributed by atoms with Gasteiger partial charge in [0.25, 0.3) is 11.8 Å². The van der Waals surface area contributed by atoms with Gasteiger partial charge in [-0.3, -0.25) is 14.0 Å². The molecule has 4 aliphatic carbocycles. The van der Waals surface area contributed by atoms with Crippen LogP contribution in [0.4, 0.5) is 0 Å². The number of aliphatic hydroxyl groups excluding tert-OH is 1. The lowest BCUT2D eigenvalue weighted by atomic mass is 9.49. The average molecular weight is 411 g/mol. The highest BCUT2D eigenvalue weighted by Gasteiger charge is 2.50. The van der Waals surface area contributed by atoms with E-state index in [1.807, 2.05) is 0 Å². The van der Waals surface area contributed by atoms with Gasteiger partial charge in [-0.05, 0) is 80.8 Å². The Bertz CT molecular complexity index is 945. The van der Waals surface area contributed by atoms with Crippen molar-refractivity contribution in [1.82, 2.24) is 20.0 Å². The molecule has 2 aromatic rings. The van der Waals surface area contributed by atoms with Gasteiger partial charge in [-0.2, -0.15) is 0 Å². The summed E-state index contributed by atoms with van der Waals surface area (Å²) in [6, 6.07) is 5.34. The number of imidazole rings is 1. The predicted octanol–water partition coefficient (Wildman–Crippen LogP) is 2.39. The van der Waals surface area contributed by atoms with E-state index in [1.165, 1.54) is 38.5 Å². The van der Waals surface area contributed by atoms with Crippen LogP contribution >= 0.6 is 0 Å². The van der Waals surface area contributed by atoms with Crippen LogP contribution < -0.4 is 10.6 Å². The number of hydrogen-bond acceptors (Lipinski definition) is 4. The Morgan fingerprint density at radius 2 is 1.80 bits per heavy atom. The molecule has 7 heteroatoms. The Labute approximate surface area is 176 Å². The second-order valence-electron chi connectivity index (χ2n) is 9.92. The lowest BCUT2D eigenvalue weighted by molar-refractivity contribution is -0.0503. The van der Waals surface area contributed by atoms with Gasteiger partial charge in [0, 0.05) is 19.3 Å². The summed E-state index contributed by atoms with van der Waals surface area (Å²) in [5.74, 6) is 2.08. The van der Waals surface area contributed by atoms with E-state index in [2.05, 4.69) is 15.6 Å². The largest absolute Gasteiger partial charge is 0.392 e. The van der Waals surface area contributed by atoms with Crippen molar-refractivity contribution in [2.24, 2.45) is 23.2 Å². The minimum atomic E-state index is -0.628. The van der Waals surface area contributed by atoms with Crippen molar-refractivity contribution in [3.8, 4) is 0 Å². The van der Waals surface area contributed by atoms with Crippen molar-refractivity contribution in [2.45, 2.75) is 51.6 Å². The van der Waals surface area contributed by atoms with Crippen LogP contribution in [0.25, 0.3) is 5.65 Å². The highest BCUT2D eigenvalue weighted by Crippen LogP contribution is 2.59. The first-order chi connectivity index (χ1) is 14.4. The van der Waals surface area contributed by atoms with Gasteiger partial charge in [0.05, 0.1) is 6.10 Å². The van der Waals surface area contributed by atoms with Crippen LogP contribution in [0.1, 0.15) is 66.4 Å². The van der Waals surface area contributed by atoms with E-state index in [1.54, 1.807) is 35.7 Å². The van der Waals surface area contributed by atoms with Gasteiger partial charge in [0.2, 0.25) is 0 Å². The molecule has 4 saturated carbocycles. The maximum absolute atomic E-state index is 13.1. The fourth-order valence-corrected chi connectivity index (χ4v) is 6.50. The topological polar surface area (TPSA) is 95.7 Å². The third-order valence-electron chi connectivity index (χ3n) is 7.30. The molecule has 0 saturated heterocycles. The molecule has 4 aliphatic rings. The molecule has 4 fully saturated rings. The summed E-state index contributed by atoms with van der Waals surface area (Å²) in [5.41, 5.74) is 1.55. The number of carbonyl (C=O) groups is 2. The van der Waals surface area contributed by atoms with Crippen LogP contribution in [0.3, 0.4) is 0 Å². The molecular weight excluding hydrogens is 380 g/mol. The molecule has 1 atom stereocenters. The molecule has 2 heterocycles. The average Bonchev–Trinajstić information content (AvgIpc) is 3.13. The van der Waals surface area contributed by atoms with E-state index < -0.39 is 6.10 Å². The molecule has 2 amide bonds. The lowest BCUT2D eigenvalue weighted by Gasteiger charge is -2.56. The molecule has 7 nitrogen and oxygen atoms in total. The zero-order chi connectivity index (χ0) is 20.9. The Kier molecular flexibility index (Phi) is 4.81. The molecule has 2 aromatic heterocycles. The van der Waals surface area contributed by atoms with Gasteiger partial charge in [-0.15, -0.1) is 0 Å². The first kappa shape index (κ1) is 19.5. The van der Waals surface area contributed by atoms with E-state index in [9.17, 15) is 14.7 Å². The number of hydrogen-bond donors (Lipinski definition) is 3. The number of aliphatic hydroxyl groups is 1. The minimum absolute atomic E-state index is 0.121. The summed E-state index contributed by atoms with van der Waals surface area (Å²) < 4.78 is 1.67. The van der Waals surface area contributed by atoms with Crippen molar-refractivity contribution in [3.63, 3.8) is 0 Å². The van der Waals surface area contributed by atoms with Crippen molar-refractivity contribution in [3.05, 3.63) is 35.8 Å². The quantitative estimate of drug-likeness (QED) is 0.681. The van der Waals surface area contributed by atoms with Crippen molar-refractivity contribution < 1.29 is 14.7 Å². The van der Waals surface area contributed by atoms with Crippen LogP contribution in [-0.4, -0.2) is 45.5 Å². The fourth-order valence-electron chi connectivity index (χ4n) is 6.50. The Hall–Kier alpha value is -2.41. The molecule has 3 N–H and O–H groups in total. The van der Waals surface area contributed by atoms with Crippen LogP contribution in [0.15, 0.2) is 24.4 Å². The SMILES string of the molecule is C[C@@H](O)CNC(=O)c1cn2c(C(=O)NCC34CC5CC(CC(C5)C3)C4)cccc2n1. The van der Waals surface area contributed by atoms with Crippen LogP contribution in [0.5, 0.6) is 0 Å². The normalized spacial score (nSPS) is 30.4. The second kappa shape index (κ2) is 7.38. The Morgan fingerprint density at radius 1 is 1.13 bits per heavy atom. The van der Waals surface area contributed by atoms with E-state index in [4.69, 9.17) is 0 Å². The number of fused-ring (bicyclic) bond motifs is 1. The van der Waals surface area contributed by atoms with Crippen molar-refractivity contribution in [1.29, 1.82) is 0 Å². The zero-order valence-corrected chi connectivity index (χ0v) is 17.4. The van der Waals surface area contributed by atoms with Crippen molar-refractivity contribution >= 4 is 17.5 Å². The third kappa shape index (κ3) is 3.60. The van der Waals surface area contributed by atoms with Crippen LogP contribution in [0.2, 0.25) is 0 Å². The first-order valence-electron chi connectivity index (χ1n) is 11.1. The molecule has 6 rings (SSSR count). The molecule has 0 spiro atoms. The number of rotatable bonds is 6. The Balaban J connectivity index is 1.31. The first-order valence-corrected chi connectivity index (χ1v) is 11.1. The molecule has 0 radical (unpaired) electrons. The van der Waals surface area contributed by atoms with Gasteiger partial charge >= 0.3 is 0 Å². The summed E-state index contributed by atoms with van der Waals surface area (Å²) in [7, 11) is 0. The van der Waals surface area contributed by atoms with Gasteiger partial charge in [0.15, 0.2) is 0 Å². The lowest BCUT2D eigenvalue weighted by Crippen LogP contribution is -2.51. The zero-order valence-electron chi connectivity index (χ0n) is 17.4. The number of nitrogens with zero attached hydrogens (tertiary/aromatic N) is 2. The van der Waals surface area contributed by atoms with Crippen LogP contribution in [-0.2, 0) is 0 Å². The van der Waals surface area contributed by atoms with Crippen LogP contribution in [0, 0.1) is 23.2 Å². The summed E-state index contributed by atoms with van der Waals surface area (Å²) in [6.07, 6.45) is 8.89. The Morgan fingerprint density at radius 3 is 2.43 bits per heavy atom. The van der Waals surface area contributed by atoms with E-state index in [-0.39, 0.29) is 29.5 Å². The number of pyridine rings is 1. The van der Waals surface area contributed by atoms with E-state index in [0.717, 1.165) is 24.3 Å². The maximum Gasteiger partial charge on any atom is 0.271 e. The molecule has 30 heavy (non-hydrogen) atoms. The third-order valence-corrected chi connectivity index (χ3v) is 7.30.